The van der Waals surface area contributed by atoms with E-state index in [-0.39, 0.29) is 0 Å². The van der Waals surface area contributed by atoms with Gasteiger partial charge in [0.1, 0.15) is 0 Å². The SMILES string of the molecule is C[C@H](/C=C/C1CCCCC1)S(=O)(=O)c1ccccc1. The van der Waals surface area contributed by atoms with E-state index in [1.807, 2.05) is 12.1 Å². The minimum atomic E-state index is -3.23. The Morgan fingerprint density at radius 3 is 2.37 bits per heavy atom. The molecule has 1 saturated carbocycles. The fraction of sp³-hybridized carbons (Fsp3) is 0.500. The van der Waals surface area contributed by atoms with E-state index in [0.29, 0.717) is 10.8 Å². The molecule has 19 heavy (non-hydrogen) atoms. The zero-order chi connectivity index (χ0) is 13.7. The van der Waals surface area contributed by atoms with Crippen molar-refractivity contribution in [3.8, 4) is 0 Å². The minimum absolute atomic E-state index is 0.413. The zero-order valence-corrected chi connectivity index (χ0v) is 12.3. The molecule has 1 atom stereocenters. The normalized spacial score (nSPS) is 19.6. The first-order chi connectivity index (χ1) is 9.10. The lowest BCUT2D eigenvalue weighted by molar-refractivity contribution is 0.419. The zero-order valence-electron chi connectivity index (χ0n) is 11.5. The molecule has 1 aromatic rings. The van der Waals surface area contributed by atoms with Crippen LogP contribution in [0.2, 0.25) is 0 Å². The fourth-order valence-corrected chi connectivity index (χ4v) is 3.83. The van der Waals surface area contributed by atoms with Crippen molar-refractivity contribution >= 4 is 9.84 Å². The van der Waals surface area contributed by atoms with Gasteiger partial charge in [0, 0.05) is 0 Å². The molecule has 0 unspecified atom stereocenters. The van der Waals surface area contributed by atoms with Crippen LogP contribution >= 0.6 is 0 Å². The largest absolute Gasteiger partial charge is 0.223 e. The first kappa shape index (κ1) is 14.3. The molecule has 104 valence electrons. The third-order valence-electron chi connectivity index (χ3n) is 3.87. The lowest BCUT2D eigenvalue weighted by Gasteiger charge is -2.18. The van der Waals surface area contributed by atoms with Gasteiger partial charge in [0.25, 0.3) is 0 Å². The van der Waals surface area contributed by atoms with Gasteiger partial charge >= 0.3 is 0 Å². The van der Waals surface area contributed by atoms with Crippen molar-refractivity contribution in [2.75, 3.05) is 0 Å². The quantitative estimate of drug-likeness (QED) is 0.781. The van der Waals surface area contributed by atoms with E-state index in [4.69, 9.17) is 0 Å². The van der Waals surface area contributed by atoms with Gasteiger partial charge in [0.05, 0.1) is 10.1 Å². The Bertz CT molecular complexity index is 511. The second-order valence-corrected chi connectivity index (χ2v) is 7.65. The number of hydrogen-bond acceptors (Lipinski definition) is 2. The summed E-state index contributed by atoms with van der Waals surface area (Å²) in [4.78, 5) is 0.413. The average molecular weight is 278 g/mol. The fourth-order valence-electron chi connectivity index (χ4n) is 2.57. The molecule has 0 spiro atoms. The molecule has 0 aliphatic heterocycles. The molecule has 1 fully saturated rings. The highest BCUT2D eigenvalue weighted by molar-refractivity contribution is 7.92. The van der Waals surface area contributed by atoms with Crippen molar-refractivity contribution in [2.24, 2.45) is 5.92 Å². The van der Waals surface area contributed by atoms with Crippen LogP contribution < -0.4 is 0 Å². The summed E-state index contributed by atoms with van der Waals surface area (Å²) < 4.78 is 24.7. The van der Waals surface area contributed by atoms with Crippen LogP contribution in [-0.4, -0.2) is 13.7 Å². The van der Waals surface area contributed by atoms with Crippen molar-refractivity contribution < 1.29 is 8.42 Å². The van der Waals surface area contributed by atoms with Gasteiger partial charge in [-0.15, -0.1) is 0 Å². The number of benzene rings is 1. The van der Waals surface area contributed by atoms with Crippen LogP contribution in [0, 0.1) is 5.92 Å². The van der Waals surface area contributed by atoms with Gasteiger partial charge in [-0.25, -0.2) is 8.42 Å². The van der Waals surface area contributed by atoms with Crippen molar-refractivity contribution in [2.45, 2.75) is 49.2 Å². The summed E-state index contributed by atoms with van der Waals surface area (Å²) >= 11 is 0. The molecule has 0 aromatic heterocycles. The second kappa shape index (κ2) is 6.38. The topological polar surface area (TPSA) is 34.1 Å². The summed E-state index contributed by atoms with van der Waals surface area (Å²) in [6, 6.07) is 8.71. The molecule has 2 rings (SSSR count). The van der Waals surface area contributed by atoms with E-state index in [2.05, 4.69) is 6.08 Å². The van der Waals surface area contributed by atoms with Crippen LogP contribution in [0.4, 0.5) is 0 Å². The van der Waals surface area contributed by atoms with Gasteiger partial charge in [0.15, 0.2) is 9.84 Å². The van der Waals surface area contributed by atoms with E-state index in [1.54, 1.807) is 31.2 Å². The summed E-state index contributed by atoms with van der Waals surface area (Å²) in [5.41, 5.74) is 0. The Morgan fingerprint density at radius 1 is 1.11 bits per heavy atom. The maximum Gasteiger partial charge on any atom is 0.184 e. The maximum atomic E-state index is 12.4. The highest BCUT2D eigenvalue weighted by Crippen LogP contribution is 2.25. The smallest absolute Gasteiger partial charge is 0.184 e. The Morgan fingerprint density at radius 2 is 1.74 bits per heavy atom. The lowest BCUT2D eigenvalue weighted by atomic mass is 9.89. The molecule has 1 aliphatic carbocycles. The monoisotopic (exact) mass is 278 g/mol. The third-order valence-corrected chi connectivity index (χ3v) is 5.93. The second-order valence-electron chi connectivity index (χ2n) is 5.35. The molecule has 0 radical (unpaired) electrons. The first-order valence-electron chi connectivity index (χ1n) is 7.08. The van der Waals surface area contributed by atoms with Crippen LogP contribution in [0.25, 0.3) is 0 Å². The molecule has 1 aromatic carbocycles. The minimum Gasteiger partial charge on any atom is -0.223 e. The van der Waals surface area contributed by atoms with Gasteiger partial charge in [-0.2, -0.15) is 0 Å². The van der Waals surface area contributed by atoms with Crippen molar-refractivity contribution in [3.63, 3.8) is 0 Å². The molecule has 3 heteroatoms. The van der Waals surface area contributed by atoms with Gasteiger partial charge < -0.3 is 0 Å². The van der Waals surface area contributed by atoms with Crippen molar-refractivity contribution in [3.05, 3.63) is 42.5 Å². The Labute approximate surface area is 116 Å². The van der Waals surface area contributed by atoms with E-state index >= 15 is 0 Å². The first-order valence-corrected chi connectivity index (χ1v) is 8.62. The molecule has 0 bridgehead atoms. The van der Waals surface area contributed by atoms with E-state index in [0.717, 1.165) is 0 Å². The van der Waals surface area contributed by atoms with Crippen molar-refractivity contribution in [1.29, 1.82) is 0 Å². The molecule has 1 aliphatic rings. The van der Waals surface area contributed by atoms with Crippen LogP contribution in [0.1, 0.15) is 39.0 Å². The summed E-state index contributed by atoms with van der Waals surface area (Å²) in [7, 11) is -3.23. The van der Waals surface area contributed by atoms with Crippen molar-refractivity contribution in [1.82, 2.24) is 0 Å². The van der Waals surface area contributed by atoms with E-state index in [9.17, 15) is 8.42 Å². The standard InChI is InChI=1S/C16H22O2S/c1-14(12-13-15-8-4-2-5-9-15)19(17,18)16-10-6-3-7-11-16/h3,6-7,10-15H,2,4-5,8-9H2,1H3/b13-12+/t14-/m1/s1. The molecule has 2 nitrogen and oxygen atoms in total. The maximum absolute atomic E-state index is 12.4. The Hall–Kier alpha value is -1.09. The highest BCUT2D eigenvalue weighted by atomic mass is 32.2. The predicted octanol–water partition coefficient (Wildman–Crippen LogP) is 3.99. The van der Waals surface area contributed by atoms with Crippen LogP contribution in [0.15, 0.2) is 47.4 Å². The number of allylic oxidation sites excluding steroid dienone is 1. The summed E-state index contributed by atoms with van der Waals surface area (Å²) in [6.45, 7) is 1.77. The molecular weight excluding hydrogens is 256 g/mol. The van der Waals surface area contributed by atoms with E-state index in [1.165, 1.54) is 32.1 Å². The molecule has 0 saturated heterocycles. The average Bonchev–Trinajstić information content (AvgIpc) is 2.46. The van der Waals surface area contributed by atoms with Gasteiger partial charge in [-0.1, -0.05) is 49.6 Å². The highest BCUT2D eigenvalue weighted by Gasteiger charge is 2.21. The number of hydrogen-bond donors (Lipinski definition) is 0. The summed E-state index contributed by atoms with van der Waals surface area (Å²) in [5.74, 6) is 0.571. The van der Waals surface area contributed by atoms with Gasteiger partial charge in [-0.05, 0) is 37.8 Å². The van der Waals surface area contributed by atoms with Gasteiger partial charge in [-0.3, -0.25) is 0 Å². The lowest BCUT2D eigenvalue weighted by Crippen LogP contribution is -2.16. The van der Waals surface area contributed by atoms with Crippen LogP contribution in [0.3, 0.4) is 0 Å². The van der Waals surface area contributed by atoms with Gasteiger partial charge in [0.2, 0.25) is 0 Å². The molecular formula is C16H22O2S. The Balaban J connectivity index is 2.06. The van der Waals surface area contributed by atoms with Crippen LogP contribution in [-0.2, 0) is 9.84 Å². The predicted molar refractivity (Wildman–Crippen MR) is 78.8 cm³/mol. The number of sulfone groups is 1. The number of rotatable bonds is 4. The molecule has 0 N–H and O–H groups in total. The summed E-state index contributed by atoms with van der Waals surface area (Å²) in [6.07, 6.45) is 10.3. The molecule has 0 heterocycles. The summed E-state index contributed by atoms with van der Waals surface area (Å²) in [5, 5.41) is -0.447. The Kier molecular flexibility index (Phi) is 4.81. The van der Waals surface area contributed by atoms with Crippen LogP contribution in [0.5, 0.6) is 0 Å². The molecule has 0 amide bonds. The van der Waals surface area contributed by atoms with E-state index < -0.39 is 15.1 Å². The third kappa shape index (κ3) is 3.69.